The van der Waals surface area contributed by atoms with Crippen LogP contribution in [0.5, 0.6) is 17.2 Å². The molecule has 6 heteroatoms. The summed E-state index contributed by atoms with van der Waals surface area (Å²) in [5.74, 6) is 2.26. The fraction of sp³-hybridized carbons (Fsp3) is 0.348. The van der Waals surface area contributed by atoms with Crippen LogP contribution in [0.15, 0.2) is 48.7 Å². The molecule has 2 heterocycles. The maximum Gasteiger partial charge on any atom is 0.183 e. The van der Waals surface area contributed by atoms with Crippen molar-refractivity contribution < 1.29 is 18.9 Å². The van der Waals surface area contributed by atoms with Crippen LogP contribution in [0.3, 0.4) is 0 Å². The first-order valence-electron chi connectivity index (χ1n) is 9.69. The van der Waals surface area contributed by atoms with Crippen molar-refractivity contribution in [1.29, 1.82) is 0 Å². The van der Waals surface area contributed by atoms with Crippen molar-refractivity contribution in [3.05, 3.63) is 59.9 Å². The van der Waals surface area contributed by atoms with Gasteiger partial charge in [0.15, 0.2) is 11.5 Å². The lowest BCUT2D eigenvalue weighted by Gasteiger charge is -2.33. The van der Waals surface area contributed by atoms with E-state index in [0.29, 0.717) is 24.7 Å². The molecule has 1 atom stereocenters. The summed E-state index contributed by atoms with van der Waals surface area (Å²) >= 11 is 0. The Hall–Kier alpha value is -2.83. The van der Waals surface area contributed by atoms with Gasteiger partial charge < -0.3 is 18.9 Å². The van der Waals surface area contributed by atoms with Crippen LogP contribution in [0.1, 0.15) is 17.4 Å². The Bertz CT molecular complexity index is 992. The molecule has 1 aliphatic heterocycles. The maximum atomic E-state index is 6.08. The maximum absolute atomic E-state index is 6.08. The highest BCUT2D eigenvalue weighted by atomic mass is 16.5. The van der Waals surface area contributed by atoms with Crippen LogP contribution < -0.4 is 14.2 Å². The van der Waals surface area contributed by atoms with Gasteiger partial charge in [0.25, 0.3) is 0 Å². The summed E-state index contributed by atoms with van der Waals surface area (Å²) in [7, 11) is 4.98. The largest absolute Gasteiger partial charge is 0.497 e. The zero-order valence-corrected chi connectivity index (χ0v) is 17.1. The van der Waals surface area contributed by atoms with Gasteiger partial charge in [0.2, 0.25) is 0 Å². The van der Waals surface area contributed by atoms with E-state index in [2.05, 4.69) is 34.1 Å². The topological polar surface area (TPSA) is 53.1 Å². The summed E-state index contributed by atoms with van der Waals surface area (Å²) < 4.78 is 22.3. The van der Waals surface area contributed by atoms with Crippen molar-refractivity contribution in [3.63, 3.8) is 0 Å². The van der Waals surface area contributed by atoms with Crippen molar-refractivity contribution in [1.82, 2.24) is 9.88 Å². The zero-order valence-electron chi connectivity index (χ0n) is 17.1. The summed E-state index contributed by atoms with van der Waals surface area (Å²) in [5.41, 5.74) is 2.05. The summed E-state index contributed by atoms with van der Waals surface area (Å²) in [4.78, 5) is 6.85. The minimum absolute atomic E-state index is 0.0202. The van der Waals surface area contributed by atoms with Crippen molar-refractivity contribution in [2.45, 2.75) is 12.6 Å². The molecular formula is C23H26N2O4. The average Bonchev–Trinajstić information content (AvgIpc) is 2.78. The van der Waals surface area contributed by atoms with Crippen molar-refractivity contribution in [2.24, 2.45) is 0 Å². The van der Waals surface area contributed by atoms with Gasteiger partial charge in [-0.2, -0.15) is 0 Å². The van der Waals surface area contributed by atoms with E-state index >= 15 is 0 Å². The van der Waals surface area contributed by atoms with Gasteiger partial charge in [-0.3, -0.25) is 9.88 Å². The van der Waals surface area contributed by atoms with Crippen molar-refractivity contribution in [3.8, 4) is 17.2 Å². The predicted molar refractivity (Wildman–Crippen MR) is 112 cm³/mol. The number of nitrogens with zero attached hydrogens (tertiary/aromatic N) is 2. The normalized spacial score (nSPS) is 17.3. The molecule has 2 aromatic carbocycles. The van der Waals surface area contributed by atoms with Crippen molar-refractivity contribution in [2.75, 3.05) is 41.0 Å². The summed E-state index contributed by atoms with van der Waals surface area (Å²) in [6.07, 6.45) is 1.78. The van der Waals surface area contributed by atoms with Gasteiger partial charge in [-0.25, -0.2) is 0 Å². The number of ether oxygens (including phenoxy) is 4. The number of morpholine rings is 1. The number of aromatic nitrogens is 1. The van der Waals surface area contributed by atoms with Gasteiger partial charge in [-0.05, 0) is 34.5 Å². The van der Waals surface area contributed by atoms with E-state index in [4.69, 9.17) is 18.9 Å². The van der Waals surface area contributed by atoms with Crippen LogP contribution in [0.4, 0.5) is 0 Å². The fourth-order valence-electron chi connectivity index (χ4n) is 3.79. The molecule has 1 saturated heterocycles. The summed E-state index contributed by atoms with van der Waals surface area (Å²) in [6.45, 7) is 3.01. The number of benzene rings is 2. The smallest absolute Gasteiger partial charge is 0.183 e. The lowest BCUT2D eigenvalue weighted by molar-refractivity contribution is -0.0334. The number of methoxy groups -OCH3 is 3. The third kappa shape index (κ3) is 4.13. The summed E-state index contributed by atoms with van der Waals surface area (Å²) in [5, 5.41) is 2.34. The van der Waals surface area contributed by atoms with E-state index in [1.54, 1.807) is 27.5 Å². The molecule has 0 bridgehead atoms. The minimum Gasteiger partial charge on any atom is -0.497 e. The van der Waals surface area contributed by atoms with Crippen LogP contribution in [-0.4, -0.2) is 50.9 Å². The molecule has 0 N–H and O–H groups in total. The second-order valence-corrected chi connectivity index (χ2v) is 7.06. The SMILES string of the molecule is COc1ccc2cc([C@H]3CN(Cc4nccc(OC)c4OC)CCO3)ccc2c1. The average molecular weight is 394 g/mol. The minimum atomic E-state index is 0.0202. The molecule has 1 aromatic heterocycles. The molecule has 0 unspecified atom stereocenters. The Morgan fingerprint density at radius 3 is 2.62 bits per heavy atom. The number of fused-ring (bicyclic) bond motifs is 1. The molecule has 4 rings (SSSR count). The molecule has 0 saturated carbocycles. The second kappa shape index (κ2) is 8.68. The first kappa shape index (κ1) is 19.5. The third-order valence-electron chi connectivity index (χ3n) is 5.33. The van der Waals surface area contributed by atoms with Gasteiger partial charge in [0.1, 0.15) is 11.4 Å². The molecule has 0 radical (unpaired) electrons. The van der Waals surface area contributed by atoms with E-state index in [-0.39, 0.29) is 6.10 Å². The lowest BCUT2D eigenvalue weighted by Crippen LogP contribution is -2.38. The molecule has 152 valence electrons. The highest BCUT2D eigenvalue weighted by molar-refractivity contribution is 5.84. The number of rotatable bonds is 6. The van der Waals surface area contributed by atoms with Crippen LogP contribution in [0, 0.1) is 0 Å². The Morgan fingerprint density at radius 2 is 1.83 bits per heavy atom. The standard InChI is InChI=1S/C23H26N2O4/c1-26-19-7-6-16-12-18(5-4-17(16)13-19)22-15-25(10-11-29-22)14-20-23(28-3)21(27-2)8-9-24-20/h4-9,12-13,22H,10-11,14-15H2,1-3H3/t22-/m1/s1. The Morgan fingerprint density at radius 1 is 1.00 bits per heavy atom. The predicted octanol–water partition coefficient (Wildman–Crippen LogP) is 3.83. The van der Waals surface area contributed by atoms with E-state index in [0.717, 1.165) is 29.9 Å². The number of pyridine rings is 1. The zero-order chi connectivity index (χ0) is 20.2. The summed E-state index contributed by atoms with van der Waals surface area (Å²) in [6, 6.07) is 14.4. The molecule has 1 fully saturated rings. The van der Waals surface area contributed by atoms with Gasteiger partial charge in [-0.15, -0.1) is 0 Å². The highest BCUT2D eigenvalue weighted by Crippen LogP contribution is 2.32. The monoisotopic (exact) mass is 394 g/mol. The van der Waals surface area contributed by atoms with E-state index in [9.17, 15) is 0 Å². The van der Waals surface area contributed by atoms with Crippen molar-refractivity contribution >= 4 is 10.8 Å². The molecule has 1 aliphatic rings. The molecule has 0 aliphatic carbocycles. The fourth-order valence-corrected chi connectivity index (χ4v) is 3.79. The number of hydrogen-bond acceptors (Lipinski definition) is 6. The van der Waals surface area contributed by atoms with E-state index < -0.39 is 0 Å². The number of hydrogen-bond donors (Lipinski definition) is 0. The van der Waals surface area contributed by atoms with Gasteiger partial charge in [0, 0.05) is 31.9 Å². The lowest BCUT2D eigenvalue weighted by atomic mass is 10.0. The van der Waals surface area contributed by atoms with Crippen LogP contribution in [0.2, 0.25) is 0 Å². The van der Waals surface area contributed by atoms with Crippen LogP contribution in [0.25, 0.3) is 10.8 Å². The highest BCUT2D eigenvalue weighted by Gasteiger charge is 2.24. The third-order valence-corrected chi connectivity index (χ3v) is 5.33. The van der Waals surface area contributed by atoms with E-state index in [1.807, 2.05) is 18.2 Å². The Balaban J connectivity index is 1.52. The molecule has 6 nitrogen and oxygen atoms in total. The Kier molecular flexibility index (Phi) is 5.83. The molecular weight excluding hydrogens is 368 g/mol. The first-order chi connectivity index (χ1) is 14.2. The van der Waals surface area contributed by atoms with Crippen LogP contribution in [-0.2, 0) is 11.3 Å². The van der Waals surface area contributed by atoms with Gasteiger partial charge in [-0.1, -0.05) is 18.2 Å². The molecule has 29 heavy (non-hydrogen) atoms. The first-order valence-corrected chi connectivity index (χ1v) is 9.69. The molecule has 0 amide bonds. The second-order valence-electron chi connectivity index (χ2n) is 7.06. The molecule has 0 spiro atoms. The Labute approximate surface area is 171 Å². The van der Waals surface area contributed by atoms with Crippen LogP contribution >= 0.6 is 0 Å². The van der Waals surface area contributed by atoms with Gasteiger partial charge >= 0.3 is 0 Å². The molecule has 3 aromatic rings. The van der Waals surface area contributed by atoms with Gasteiger partial charge in [0.05, 0.1) is 34.0 Å². The van der Waals surface area contributed by atoms with E-state index in [1.165, 1.54) is 10.9 Å². The quantitative estimate of drug-likeness (QED) is 0.633.